The maximum Gasteiger partial charge on any atom is 0.146 e. The fraction of sp³-hybridized carbons (Fsp3) is 0.435. The molecule has 0 spiro atoms. The minimum Gasteiger partial charge on any atom is -0.345 e. The zero-order valence-electron chi connectivity index (χ0n) is 18.1. The number of fused-ring (bicyclic) bond motifs is 1. The lowest BCUT2D eigenvalue weighted by atomic mass is 10.1. The highest BCUT2D eigenvalue weighted by atomic mass is 127. The summed E-state index contributed by atoms with van der Waals surface area (Å²) in [5, 5.41) is 12.7. The molecule has 158 valence electrons. The first-order valence-corrected chi connectivity index (χ1v) is 11.6. The summed E-state index contributed by atoms with van der Waals surface area (Å²) in [5.41, 5.74) is 3.30. The lowest BCUT2D eigenvalue weighted by Gasteiger charge is -2.34. The molecular weight excluding hydrogens is 487 g/mol. The standard InChI is InChI=1S/C23H29IN6/c1-6-11-25-23(3,4)30(19-9-10-21-18(12-19)14-28(5)26-21)27-22-16(2)29(15-20(22)24)13-17-7-8-17/h9-12,14-15,17H,2,6-8,13H2,1,3-5H3/b25-11?,27-22+. The van der Waals surface area contributed by atoms with Crippen LogP contribution in [-0.2, 0) is 7.05 Å². The molecule has 0 bridgehead atoms. The fourth-order valence-electron chi connectivity index (χ4n) is 3.63. The Morgan fingerprint density at radius 2 is 2.13 bits per heavy atom. The van der Waals surface area contributed by atoms with Crippen molar-refractivity contribution in [2.75, 3.05) is 11.6 Å². The molecule has 0 unspecified atom stereocenters. The normalized spacial score (nSPS) is 18.8. The molecule has 0 amide bonds. The molecule has 1 aliphatic carbocycles. The summed E-state index contributed by atoms with van der Waals surface area (Å²) < 4.78 is 2.95. The van der Waals surface area contributed by atoms with E-state index in [0.29, 0.717) is 0 Å². The van der Waals surface area contributed by atoms with E-state index < -0.39 is 5.66 Å². The van der Waals surface area contributed by atoms with Crippen molar-refractivity contribution in [3.63, 3.8) is 0 Å². The van der Waals surface area contributed by atoms with Gasteiger partial charge in [0.25, 0.3) is 0 Å². The Morgan fingerprint density at radius 3 is 2.83 bits per heavy atom. The van der Waals surface area contributed by atoms with Crippen molar-refractivity contribution < 1.29 is 0 Å². The van der Waals surface area contributed by atoms with Crippen LogP contribution in [0.1, 0.15) is 40.0 Å². The summed E-state index contributed by atoms with van der Waals surface area (Å²) in [7, 11) is 1.94. The van der Waals surface area contributed by atoms with Gasteiger partial charge in [-0.3, -0.25) is 9.67 Å². The van der Waals surface area contributed by atoms with Gasteiger partial charge in [0, 0.05) is 37.6 Å². The van der Waals surface area contributed by atoms with Crippen LogP contribution >= 0.6 is 22.6 Å². The molecule has 1 aromatic carbocycles. The van der Waals surface area contributed by atoms with Gasteiger partial charge in [0.2, 0.25) is 0 Å². The molecule has 0 N–H and O–H groups in total. The molecule has 2 aliphatic rings. The third-order valence-corrected chi connectivity index (χ3v) is 6.21. The highest BCUT2D eigenvalue weighted by molar-refractivity contribution is 14.1. The largest absolute Gasteiger partial charge is 0.345 e. The molecule has 4 rings (SSSR count). The number of halogens is 1. The minimum absolute atomic E-state index is 0.542. The number of hydrazone groups is 1. The van der Waals surface area contributed by atoms with Gasteiger partial charge >= 0.3 is 0 Å². The molecule has 1 saturated carbocycles. The molecule has 0 saturated heterocycles. The maximum atomic E-state index is 5.12. The Bertz CT molecular complexity index is 1060. The van der Waals surface area contributed by atoms with Crippen LogP contribution in [0, 0.1) is 5.92 Å². The Labute approximate surface area is 192 Å². The summed E-state index contributed by atoms with van der Waals surface area (Å²) in [6.45, 7) is 11.7. The molecular formula is C23H29IN6. The number of hydrogen-bond acceptors (Lipinski definition) is 5. The summed E-state index contributed by atoms with van der Waals surface area (Å²) in [6, 6.07) is 6.24. The number of aryl methyl sites for hydroxylation is 1. The van der Waals surface area contributed by atoms with Gasteiger partial charge in [-0.25, -0.2) is 5.01 Å². The number of aromatic nitrogens is 2. The number of benzene rings is 1. The van der Waals surface area contributed by atoms with Gasteiger partial charge in [-0.2, -0.15) is 10.2 Å². The molecule has 2 heterocycles. The van der Waals surface area contributed by atoms with Gasteiger partial charge in [0.1, 0.15) is 11.4 Å². The highest BCUT2D eigenvalue weighted by Crippen LogP contribution is 2.36. The summed E-state index contributed by atoms with van der Waals surface area (Å²) in [4.78, 5) is 7.07. The Morgan fingerprint density at radius 1 is 1.37 bits per heavy atom. The van der Waals surface area contributed by atoms with Crippen molar-refractivity contribution in [2.24, 2.45) is 23.1 Å². The van der Waals surface area contributed by atoms with Crippen LogP contribution in [0.2, 0.25) is 0 Å². The lowest BCUT2D eigenvalue weighted by Crippen LogP contribution is -2.40. The zero-order valence-corrected chi connectivity index (χ0v) is 20.3. The van der Waals surface area contributed by atoms with Crippen molar-refractivity contribution in [1.29, 1.82) is 0 Å². The van der Waals surface area contributed by atoms with Crippen LogP contribution in [-0.4, -0.2) is 38.8 Å². The fourth-order valence-corrected chi connectivity index (χ4v) is 4.39. The Hall–Kier alpha value is -2.16. The number of anilines is 1. The van der Waals surface area contributed by atoms with E-state index in [9.17, 15) is 0 Å². The first-order valence-electron chi connectivity index (χ1n) is 10.5. The Kier molecular flexibility index (Phi) is 5.74. The van der Waals surface area contributed by atoms with E-state index in [1.54, 1.807) is 0 Å². The molecule has 7 heteroatoms. The number of allylic oxidation sites excluding steroid dienone is 1. The smallest absolute Gasteiger partial charge is 0.146 e. The molecule has 2 aromatic rings. The second-order valence-electron chi connectivity index (χ2n) is 8.54. The SMILES string of the molecule is C=C1/C(=N\N(c2ccc3nn(C)cc3c2)C(C)(C)N=CCC)C(I)=CN1CC1CC1. The molecule has 30 heavy (non-hydrogen) atoms. The van der Waals surface area contributed by atoms with Crippen molar-refractivity contribution in [3.8, 4) is 0 Å². The van der Waals surface area contributed by atoms with Gasteiger partial charge in [-0.05, 0) is 79.8 Å². The van der Waals surface area contributed by atoms with Crippen molar-refractivity contribution in [1.82, 2.24) is 14.7 Å². The summed E-state index contributed by atoms with van der Waals surface area (Å²) in [5.74, 6) is 0.788. The Balaban J connectivity index is 1.75. The summed E-state index contributed by atoms with van der Waals surface area (Å²) >= 11 is 2.37. The number of rotatable bonds is 7. The molecule has 1 aromatic heterocycles. The van der Waals surface area contributed by atoms with Crippen LogP contribution in [0.25, 0.3) is 10.9 Å². The van der Waals surface area contributed by atoms with Gasteiger partial charge in [0.05, 0.1) is 20.5 Å². The van der Waals surface area contributed by atoms with Gasteiger partial charge in [-0.1, -0.05) is 13.5 Å². The molecule has 0 radical (unpaired) electrons. The lowest BCUT2D eigenvalue weighted by molar-refractivity contribution is 0.466. The van der Waals surface area contributed by atoms with E-state index in [-0.39, 0.29) is 0 Å². The monoisotopic (exact) mass is 516 g/mol. The summed E-state index contributed by atoms with van der Waals surface area (Å²) in [6.07, 6.45) is 9.68. The quantitative estimate of drug-likeness (QED) is 0.279. The second kappa shape index (κ2) is 8.17. The predicted octanol–water partition coefficient (Wildman–Crippen LogP) is 5.47. The van der Waals surface area contributed by atoms with Crippen LogP contribution < -0.4 is 5.01 Å². The van der Waals surface area contributed by atoms with E-state index in [1.165, 1.54) is 12.8 Å². The van der Waals surface area contributed by atoms with Crippen LogP contribution in [0.5, 0.6) is 0 Å². The first kappa shape index (κ1) is 21.1. The third-order valence-electron chi connectivity index (χ3n) is 5.42. The second-order valence-corrected chi connectivity index (χ2v) is 9.70. The number of aliphatic imine (C=N–C) groups is 1. The zero-order chi connectivity index (χ0) is 21.5. The predicted molar refractivity (Wildman–Crippen MR) is 134 cm³/mol. The van der Waals surface area contributed by atoms with Gasteiger partial charge in [0.15, 0.2) is 0 Å². The number of hydrogen-bond donors (Lipinski definition) is 0. The van der Waals surface area contributed by atoms with Crippen LogP contribution in [0.4, 0.5) is 5.69 Å². The molecule has 6 nitrogen and oxygen atoms in total. The van der Waals surface area contributed by atoms with E-state index in [2.05, 4.69) is 78.3 Å². The minimum atomic E-state index is -0.542. The number of nitrogens with zero attached hydrogens (tertiary/aromatic N) is 6. The topological polar surface area (TPSA) is 49.0 Å². The van der Waals surface area contributed by atoms with E-state index in [1.807, 2.05) is 35.2 Å². The average molecular weight is 516 g/mol. The van der Waals surface area contributed by atoms with Gasteiger partial charge < -0.3 is 4.90 Å². The van der Waals surface area contributed by atoms with Crippen molar-refractivity contribution >= 4 is 51.1 Å². The maximum absolute atomic E-state index is 5.12. The van der Waals surface area contributed by atoms with Crippen LogP contribution in [0.3, 0.4) is 0 Å². The van der Waals surface area contributed by atoms with Gasteiger partial charge in [-0.15, -0.1) is 0 Å². The van der Waals surface area contributed by atoms with Crippen LogP contribution in [0.15, 0.2) is 56.5 Å². The first-order chi connectivity index (χ1) is 14.3. The average Bonchev–Trinajstić information content (AvgIpc) is 3.37. The molecule has 1 fully saturated rings. The van der Waals surface area contributed by atoms with Crippen molar-refractivity contribution in [3.05, 3.63) is 46.5 Å². The van der Waals surface area contributed by atoms with E-state index in [0.717, 1.165) is 50.5 Å². The van der Waals surface area contributed by atoms with E-state index in [4.69, 9.17) is 10.1 Å². The molecule has 0 atom stereocenters. The third kappa shape index (κ3) is 4.31. The highest BCUT2D eigenvalue weighted by Gasteiger charge is 2.32. The van der Waals surface area contributed by atoms with Crippen molar-refractivity contribution in [2.45, 2.75) is 45.7 Å². The van der Waals surface area contributed by atoms with E-state index >= 15 is 0 Å². The molecule has 1 aliphatic heterocycles.